The van der Waals surface area contributed by atoms with E-state index >= 15 is 0 Å². The molecule has 2 heterocycles. The van der Waals surface area contributed by atoms with Crippen LogP contribution in [0.5, 0.6) is 0 Å². The number of hydrogen-bond acceptors (Lipinski definition) is 4. The molecule has 0 fully saturated rings. The zero-order valence-electron chi connectivity index (χ0n) is 11.9. The fraction of sp³-hybridized carbons (Fsp3) is 0.267. The SMILES string of the molecule is CC(C)CNC(=O)c1nc(-c2cccc3[nH]ccc23)no1. The molecule has 0 aliphatic rings. The van der Waals surface area contributed by atoms with Crippen LogP contribution in [-0.4, -0.2) is 27.6 Å². The van der Waals surface area contributed by atoms with Crippen molar-refractivity contribution in [3.8, 4) is 11.4 Å². The van der Waals surface area contributed by atoms with Crippen LogP contribution in [0.3, 0.4) is 0 Å². The molecule has 2 N–H and O–H groups in total. The predicted octanol–water partition coefficient (Wildman–Crippen LogP) is 2.60. The molecule has 21 heavy (non-hydrogen) atoms. The standard InChI is InChI=1S/C15H16N4O2/c1-9(2)8-17-14(20)15-18-13(19-21-15)11-4-3-5-12-10(11)6-7-16-12/h3-7,9,16H,8H2,1-2H3,(H,17,20). The van der Waals surface area contributed by atoms with E-state index in [4.69, 9.17) is 4.52 Å². The quantitative estimate of drug-likeness (QED) is 0.771. The maximum atomic E-state index is 11.9. The van der Waals surface area contributed by atoms with E-state index in [-0.39, 0.29) is 11.8 Å². The first-order valence-electron chi connectivity index (χ1n) is 6.83. The molecule has 1 amide bonds. The molecule has 0 aliphatic carbocycles. The molecule has 0 spiro atoms. The number of nitrogens with zero attached hydrogens (tertiary/aromatic N) is 2. The van der Waals surface area contributed by atoms with Gasteiger partial charge in [0.05, 0.1) is 0 Å². The van der Waals surface area contributed by atoms with Crippen LogP contribution in [-0.2, 0) is 0 Å². The Morgan fingerprint density at radius 2 is 2.24 bits per heavy atom. The third kappa shape index (κ3) is 2.65. The maximum Gasteiger partial charge on any atom is 0.316 e. The number of hydrogen-bond donors (Lipinski definition) is 2. The first kappa shape index (κ1) is 13.4. The van der Waals surface area contributed by atoms with Crippen molar-refractivity contribution in [2.24, 2.45) is 5.92 Å². The number of aromatic nitrogens is 3. The molecule has 1 aromatic carbocycles. The van der Waals surface area contributed by atoms with E-state index in [9.17, 15) is 4.79 Å². The molecule has 6 heteroatoms. The topological polar surface area (TPSA) is 83.8 Å². The Bertz CT molecular complexity index is 773. The van der Waals surface area contributed by atoms with E-state index in [0.717, 1.165) is 16.5 Å². The summed E-state index contributed by atoms with van der Waals surface area (Å²) in [4.78, 5) is 19.2. The molecule has 0 aliphatic heterocycles. The van der Waals surface area contributed by atoms with Gasteiger partial charge in [0, 0.05) is 29.2 Å². The molecular formula is C15H16N4O2. The Morgan fingerprint density at radius 1 is 1.38 bits per heavy atom. The summed E-state index contributed by atoms with van der Waals surface area (Å²) in [5, 5.41) is 7.65. The smallest absolute Gasteiger partial charge is 0.316 e. The molecule has 0 bridgehead atoms. The molecule has 3 aromatic rings. The lowest BCUT2D eigenvalue weighted by molar-refractivity contribution is 0.0905. The van der Waals surface area contributed by atoms with Gasteiger partial charge in [-0.3, -0.25) is 4.79 Å². The summed E-state index contributed by atoms with van der Waals surface area (Å²) >= 11 is 0. The van der Waals surface area contributed by atoms with Crippen LogP contribution in [0.15, 0.2) is 35.0 Å². The van der Waals surface area contributed by atoms with Crippen molar-refractivity contribution in [1.82, 2.24) is 20.4 Å². The van der Waals surface area contributed by atoms with E-state index in [2.05, 4.69) is 20.4 Å². The molecule has 0 radical (unpaired) electrons. The van der Waals surface area contributed by atoms with Gasteiger partial charge < -0.3 is 14.8 Å². The van der Waals surface area contributed by atoms with Gasteiger partial charge in [-0.15, -0.1) is 0 Å². The van der Waals surface area contributed by atoms with Crippen molar-refractivity contribution in [2.45, 2.75) is 13.8 Å². The monoisotopic (exact) mass is 284 g/mol. The highest BCUT2D eigenvalue weighted by Gasteiger charge is 2.17. The predicted molar refractivity (Wildman–Crippen MR) is 78.8 cm³/mol. The van der Waals surface area contributed by atoms with E-state index < -0.39 is 0 Å². The highest BCUT2D eigenvalue weighted by Crippen LogP contribution is 2.25. The van der Waals surface area contributed by atoms with Gasteiger partial charge in [0.15, 0.2) is 0 Å². The normalized spacial score (nSPS) is 11.2. The second-order valence-corrected chi connectivity index (χ2v) is 5.27. The summed E-state index contributed by atoms with van der Waals surface area (Å²) in [6.07, 6.45) is 1.85. The molecule has 0 saturated heterocycles. The van der Waals surface area contributed by atoms with Crippen molar-refractivity contribution < 1.29 is 9.32 Å². The molecule has 6 nitrogen and oxygen atoms in total. The summed E-state index contributed by atoms with van der Waals surface area (Å²) in [5.74, 6) is 0.418. The third-order valence-electron chi connectivity index (χ3n) is 3.13. The third-order valence-corrected chi connectivity index (χ3v) is 3.13. The van der Waals surface area contributed by atoms with E-state index in [1.54, 1.807) is 0 Å². The molecule has 0 unspecified atom stereocenters. The van der Waals surface area contributed by atoms with Crippen molar-refractivity contribution in [3.63, 3.8) is 0 Å². The molecule has 2 aromatic heterocycles. The maximum absolute atomic E-state index is 11.9. The minimum Gasteiger partial charge on any atom is -0.361 e. The van der Waals surface area contributed by atoms with Crippen LogP contribution in [0, 0.1) is 5.92 Å². The lowest BCUT2D eigenvalue weighted by Crippen LogP contribution is -2.27. The van der Waals surface area contributed by atoms with Crippen molar-refractivity contribution in [1.29, 1.82) is 0 Å². The average Bonchev–Trinajstić information content (AvgIpc) is 3.12. The Hall–Kier alpha value is -2.63. The number of fused-ring (bicyclic) bond motifs is 1. The van der Waals surface area contributed by atoms with Gasteiger partial charge in [-0.2, -0.15) is 4.98 Å². The fourth-order valence-corrected chi connectivity index (χ4v) is 2.08. The summed E-state index contributed by atoms with van der Waals surface area (Å²) in [5.41, 5.74) is 1.82. The van der Waals surface area contributed by atoms with Crippen LogP contribution in [0.2, 0.25) is 0 Å². The average molecular weight is 284 g/mol. The van der Waals surface area contributed by atoms with Crippen LogP contribution in [0.25, 0.3) is 22.3 Å². The summed E-state index contributed by atoms with van der Waals surface area (Å²) in [6, 6.07) is 7.72. The summed E-state index contributed by atoms with van der Waals surface area (Å²) in [6.45, 7) is 4.61. The highest BCUT2D eigenvalue weighted by molar-refractivity contribution is 5.94. The number of aromatic amines is 1. The zero-order chi connectivity index (χ0) is 14.8. The van der Waals surface area contributed by atoms with Gasteiger partial charge in [0.1, 0.15) is 0 Å². The number of H-pyrrole nitrogens is 1. The minimum atomic E-state index is -0.344. The first-order chi connectivity index (χ1) is 10.1. The van der Waals surface area contributed by atoms with Gasteiger partial charge in [0.2, 0.25) is 5.82 Å². The zero-order valence-corrected chi connectivity index (χ0v) is 11.9. The lowest BCUT2D eigenvalue weighted by atomic mass is 10.1. The first-order valence-corrected chi connectivity index (χ1v) is 6.83. The van der Waals surface area contributed by atoms with Crippen LogP contribution in [0.1, 0.15) is 24.5 Å². The number of nitrogens with one attached hydrogen (secondary N) is 2. The van der Waals surface area contributed by atoms with Crippen LogP contribution >= 0.6 is 0 Å². The van der Waals surface area contributed by atoms with Crippen molar-refractivity contribution >= 4 is 16.8 Å². The number of benzene rings is 1. The Balaban J connectivity index is 1.88. The Kier molecular flexibility index (Phi) is 3.43. The fourth-order valence-electron chi connectivity index (χ4n) is 2.08. The second-order valence-electron chi connectivity index (χ2n) is 5.27. The number of rotatable bonds is 4. The molecule has 0 saturated carbocycles. The molecular weight excluding hydrogens is 268 g/mol. The van der Waals surface area contributed by atoms with Gasteiger partial charge in [-0.25, -0.2) is 0 Å². The number of carbonyl (C=O) groups excluding carboxylic acids is 1. The van der Waals surface area contributed by atoms with Gasteiger partial charge in [0.25, 0.3) is 0 Å². The Morgan fingerprint density at radius 3 is 3.05 bits per heavy atom. The Labute approximate surface area is 121 Å². The van der Waals surface area contributed by atoms with Crippen molar-refractivity contribution in [2.75, 3.05) is 6.54 Å². The summed E-state index contributed by atoms with van der Waals surface area (Å²) < 4.78 is 5.06. The minimum absolute atomic E-state index is 0.0156. The van der Waals surface area contributed by atoms with Gasteiger partial charge in [-0.05, 0) is 18.1 Å². The molecule has 0 atom stereocenters. The second kappa shape index (κ2) is 5.40. The van der Waals surface area contributed by atoms with Crippen LogP contribution < -0.4 is 5.32 Å². The van der Waals surface area contributed by atoms with Crippen molar-refractivity contribution in [3.05, 3.63) is 36.4 Å². The summed E-state index contributed by atoms with van der Waals surface area (Å²) in [7, 11) is 0. The van der Waals surface area contributed by atoms with Gasteiger partial charge >= 0.3 is 11.8 Å². The highest BCUT2D eigenvalue weighted by atomic mass is 16.5. The van der Waals surface area contributed by atoms with Crippen LogP contribution in [0.4, 0.5) is 0 Å². The lowest BCUT2D eigenvalue weighted by Gasteiger charge is -2.03. The van der Waals surface area contributed by atoms with E-state index in [0.29, 0.717) is 18.3 Å². The van der Waals surface area contributed by atoms with E-state index in [1.165, 1.54) is 0 Å². The van der Waals surface area contributed by atoms with E-state index in [1.807, 2.05) is 44.3 Å². The number of amides is 1. The van der Waals surface area contributed by atoms with Gasteiger partial charge in [-0.1, -0.05) is 31.1 Å². The largest absolute Gasteiger partial charge is 0.361 e. The molecule has 108 valence electrons. The number of carbonyl (C=O) groups is 1. The molecule has 3 rings (SSSR count).